The lowest BCUT2D eigenvalue weighted by Gasteiger charge is -2.19. The lowest BCUT2D eigenvalue weighted by molar-refractivity contribution is -0.129. The summed E-state index contributed by atoms with van der Waals surface area (Å²) in [6, 6.07) is 14.2. The number of rotatable bonds is 10. The number of benzene rings is 2. The molecule has 1 unspecified atom stereocenters. The monoisotopic (exact) mass is 443 g/mol. The zero-order valence-electron chi connectivity index (χ0n) is 17.9. The normalized spacial score (nSPS) is 14.6. The molecule has 1 aliphatic carbocycles. The Morgan fingerprint density at radius 1 is 1.06 bits per heavy atom. The van der Waals surface area contributed by atoms with Gasteiger partial charge in [-0.25, -0.2) is 13.1 Å². The summed E-state index contributed by atoms with van der Waals surface area (Å²) >= 11 is 0. The number of nitrogens with one attached hydrogen (secondary N) is 3. The Bertz CT molecular complexity index is 1030. The molecule has 7 nitrogen and oxygen atoms in total. The number of hydrogen-bond acceptors (Lipinski definition) is 4. The van der Waals surface area contributed by atoms with E-state index in [1.165, 1.54) is 0 Å². The van der Waals surface area contributed by atoms with Crippen LogP contribution < -0.4 is 15.4 Å². The molecule has 3 rings (SSSR count). The van der Waals surface area contributed by atoms with Gasteiger partial charge < -0.3 is 10.6 Å². The minimum atomic E-state index is -3.72. The van der Waals surface area contributed by atoms with E-state index in [0.29, 0.717) is 12.0 Å². The summed E-state index contributed by atoms with van der Waals surface area (Å²) in [5.74, 6) is -0.591. The summed E-state index contributed by atoms with van der Waals surface area (Å²) in [6.07, 6.45) is 2.22. The Morgan fingerprint density at radius 2 is 1.77 bits per heavy atom. The zero-order chi connectivity index (χ0) is 22.4. The molecule has 0 aliphatic heterocycles. The molecular weight excluding hydrogens is 414 g/mol. The van der Waals surface area contributed by atoms with Crippen LogP contribution >= 0.6 is 0 Å². The Kier molecular flexibility index (Phi) is 7.46. The van der Waals surface area contributed by atoms with E-state index in [0.717, 1.165) is 24.0 Å². The first-order valence-corrected chi connectivity index (χ1v) is 11.9. The quantitative estimate of drug-likeness (QED) is 0.522. The first-order chi connectivity index (χ1) is 14.7. The maximum atomic E-state index is 12.6. The van der Waals surface area contributed by atoms with Crippen LogP contribution in [-0.2, 0) is 26.0 Å². The number of amides is 2. The van der Waals surface area contributed by atoms with Gasteiger partial charge in [-0.05, 0) is 49.4 Å². The summed E-state index contributed by atoms with van der Waals surface area (Å²) < 4.78 is 27.6. The largest absolute Gasteiger partial charge is 0.352 e. The number of sulfonamides is 1. The Balaban J connectivity index is 1.57. The van der Waals surface area contributed by atoms with Gasteiger partial charge in [0.05, 0.1) is 4.90 Å². The van der Waals surface area contributed by atoms with Gasteiger partial charge in [0.15, 0.2) is 0 Å². The van der Waals surface area contributed by atoms with Gasteiger partial charge in [-0.15, -0.1) is 0 Å². The molecule has 1 fully saturated rings. The molecule has 0 radical (unpaired) electrons. The Hall–Kier alpha value is -2.71. The van der Waals surface area contributed by atoms with Crippen molar-refractivity contribution in [1.29, 1.82) is 0 Å². The summed E-state index contributed by atoms with van der Waals surface area (Å²) in [7, 11) is -3.72. The van der Waals surface area contributed by atoms with Crippen molar-refractivity contribution < 1.29 is 18.0 Å². The van der Waals surface area contributed by atoms with Crippen molar-refractivity contribution in [3.05, 3.63) is 65.2 Å². The molecule has 2 aromatic rings. The highest BCUT2D eigenvalue weighted by molar-refractivity contribution is 7.89. The summed E-state index contributed by atoms with van der Waals surface area (Å²) in [5.41, 5.74) is 2.42. The molecule has 8 heteroatoms. The van der Waals surface area contributed by atoms with E-state index in [9.17, 15) is 18.0 Å². The fourth-order valence-electron chi connectivity index (χ4n) is 3.23. The first kappa shape index (κ1) is 23.0. The maximum Gasteiger partial charge on any atom is 0.243 e. The summed E-state index contributed by atoms with van der Waals surface area (Å²) in [6.45, 7) is 3.50. The highest BCUT2D eigenvalue weighted by Crippen LogP contribution is 2.19. The molecule has 1 atom stereocenters. The van der Waals surface area contributed by atoms with Crippen molar-refractivity contribution >= 4 is 21.8 Å². The van der Waals surface area contributed by atoms with Crippen molar-refractivity contribution in [2.75, 3.05) is 6.54 Å². The van der Waals surface area contributed by atoms with Gasteiger partial charge in [-0.3, -0.25) is 9.59 Å². The maximum absolute atomic E-state index is 12.6. The van der Waals surface area contributed by atoms with Crippen LogP contribution in [0.15, 0.2) is 53.4 Å². The van der Waals surface area contributed by atoms with E-state index >= 15 is 0 Å². The fourth-order valence-corrected chi connectivity index (χ4v) is 4.59. The molecule has 0 bridgehead atoms. The SMILES string of the molecule is Cc1ccc(C)c(S(=O)(=O)NCCC(=O)NC(Cc2ccccc2)C(=O)NC2CC2)c1. The lowest BCUT2D eigenvalue weighted by atomic mass is 10.0. The van der Waals surface area contributed by atoms with Gasteiger partial charge in [0.2, 0.25) is 21.8 Å². The Labute approximate surface area is 183 Å². The van der Waals surface area contributed by atoms with Gasteiger partial charge in [-0.1, -0.05) is 42.5 Å². The number of hydrogen-bond donors (Lipinski definition) is 3. The van der Waals surface area contributed by atoms with Crippen LogP contribution in [0.1, 0.15) is 36.0 Å². The summed E-state index contributed by atoms with van der Waals surface area (Å²) in [4.78, 5) is 25.3. The van der Waals surface area contributed by atoms with E-state index in [2.05, 4.69) is 15.4 Å². The van der Waals surface area contributed by atoms with Crippen LogP contribution in [0.3, 0.4) is 0 Å². The fraction of sp³-hybridized carbons (Fsp3) is 0.391. The molecule has 0 saturated heterocycles. The van der Waals surface area contributed by atoms with E-state index in [4.69, 9.17) is 0 Å². The van der Waals surface area contributed by atoms with Gasteiger partial charge in [0, 0.05) is 25.4 Å². The second kappa shape index (κ2) is 10.1. The Morgan fingerprint density at radius 3 is 2.45 bits per heavy atom. The zero-order valence-corrected chi connectivity index (χ0v) is 18.7. The number of carbonyl (C=O) groups excluding carboxylic acids is 2. The van der Waals surface area contributed by atoms with Crippen molar-refractivity contribution in [3.8, 4) is 0 Å². The molecule has 0 aromatic heterocycles. The van der Waals surface area contributed by atoms with E-state index < -0.39 is 16.1 Å². The van der Waals surface area contributed by atoms with E-state index in [1.807, 2.05) is 43.3 Å². The molecular formula is C23H29N3O4S. The molecule has 1 saturated carbocycles. The van der Waals surface area contributed by atoms with Crippen LogP contribution in [0, 0.1) is 13.8 Å². The molecule has 2 amide bonds. The molecule has 0 spiro atoms. The second-order valence-corrected chi connectivity index (χ2v) is 9.74. The second-order valence-electron chi connectivity index (χ2n) is 8.01. The minimum Gasteiger partial charge on any atom is -0.352 e. The molecule has 166 valence electrons. The molecule has 0 heterocycles. The van der Waals surface area contributed by atoms with Gasteiger partial charge in [0.25, 0.3) is 0 Å². The highest BCUT2D eigenvalue weighted by atomic mass is 32.2. The molecule has 2 aromatic carbocycles. The van der Waals surface area contributed by atoms with Crippen molar-refractivity contribution in [2.45, 2.75) is 56.5 Å². The van der Waals surface area contributed by atoms with Gasteiger partial charge in [-0.2, -0.15) is 0 Å². The predicted molar refractivity (Wildman–Crippen MR) is 119 cm³/mol. The van der Waals surface area contributed by atoms with Gasteiger partial charge in [0.1, 0.15) is 6.04 Å². The number of aryl methyl sites for hydroxylation is 2. The highest BCUT2D eigenvalue weighted by Gasteiger charge is 2.28. The first-order valence-electron chi connectivity index (χ1n) is 10.4. The third kappa shape index (κ3) is 6.90. The van der Waals surface area contributed by atoms with Gasteiger partial charge >= 0.3 is 0 Å². The van der Waals surface area contributed by atoms with Crippen LogP contribution in [0.5, 0.6) is 0 Å². The van der Waals surface area contributed by atoms with Crippen LogP contribution in [-0.4, -0.2) is 38.9 Å². The van der Waals surface area contributed by atoms with Crippen LogP contribution in [0.4, 0.5) is 0 Å². The third-order valence-corrected chi connectivity index (χ3v) is 6.74. The molecule has 3 N–H and O–H groups in total. The van der Waals surface area contributed by atoms with Crippen molar-refractivity contribution in [3.63, 3.8) is 0 Å². The van der Waals surface area contributed by atoms with Crippen molar-refractivity contribution in [2.24, 2.45) is 0 Å². The average molecular weight is 444 g/mol. The van der Waals surface area contributed by atoms with E-state index in [1.54, 1.807) is 19.1 Å². The van der Waals surface area contributed by atoms with Crippen LogP contribution in [0.25, 0.3) is 0 Å². The average Bonchev–Trinajstić information content (AvgIpc) is 3.54. The van der Waals surface area contributed by atoms with Crippen LogP contribution in [0.2, 0.25) is 0 Å². The van der Waals surface area contributed by atoms with Crippen molar-refractivity contribution in [1.82, 2.24) is 15.4 Å². The molecule has 1 aliphatic rings. The smallest absolute Gasteiger partial charge is 0.243 e. The predicted octanol–water partition coefficient (Wildman–Crippen LogP) is 1.98. The third-order valence-electron chi connectivity index (χ3n) is 5.14. The lowest BCUT2D eigenvalue weighted by Crippen LogP contribution is -2.49. The molecule has 31 heavy (non-hydrogen) atoms. The summed E-state index contributed by atoms with van der Waals surface area (Å²) in [5, 5.41) is 5.69. The van der Waals surface area contributed by atoms with E-state index in [-0.39, 0.29) is 35.7 Å². The standard InChI is InChI=1S/C23H29N3O4S/c1-16-8-9-17(2)21(14-16)31(29,30)24-13-12-22(27)26-20(23(28)25-19-10-11-19)15-18-6-4-3-5-7-18/h3-9,14,19-20,24H,10-13,15H2,1-2H3,(H,25,28)(H,26,27). The number of carbonyl (C=O) groups is 2. The minimum absolute atomic E-state index is 0.0517. The topological polar surface area (TPSA) is 104 Å².